The zero-order valence-corrected chi connectivity index (χ0v) is 18.6. The number of benzene rings is 2. The van der Waals surface area contributed by atoms with E-state index in [1.54, 1.807) is 11.8 Å². The average Bonchev–Trinajstić information content (AvgIpc) is 3.39. The summed E-state index contributed by atoms with van der Waals surface area (Å²) in [6.07, 6.45) is 1.81. The second-order valence-corrected chi connectivity index (χ2v) is 8.87. The van der Waals surface area contributed by atoms with Gasteiger partial charge in [-0.1, -0.05) is 48.2 Å². The summed E-state index contributed by atoms with van der Waals surface area (Å²) in [5.74, 6) is 0.850. The van der Waals surface area contributed by atoms with E-state index in [-0.39, 0.29) is 12.1 Å². The fourth-order valence-corrected chi connectivity index (χ4v) is 5.00. The van der Waals surface area contributed by atoms with Crippen LogP contribution in [0.1, 0.15) is 29.1 Å². The van der Waals surface area contributed by atoms with E-state index < -0.39 is 0 Å². The van der Waals surface area contributed by atoms with Gasteiger partial charge in [0.2, 0.25) is 0 Å². The molecule has 1 N–H and O–H groups in total. The minimum Gasteiger partial charge on any atom is -0.452 e. The number of pyridine rings is 1. The first-order valence-corrected chi connectivity index (χ1v) is 11.3. The molecule has 2 aromatic heterocycles. The van der Waals surface area contributed by atoms with E-state index >= 15 is 0 Å². The smallest absolute Gasteiger partial charge is 0.174 e. The molecule has 0 aliphatic carbocycles. The predicted octanol–water partition coefficient (Wildman–Crippen LogP) is 6.31. The Bertz CT molecular complexity index is 1190. The molecule has 0 unspecified atom stereocenters. The molecular weight excluding hydrogens is 422 g/mol. The Morgan fingerprint density at radius 2 is 1.81 bits per heavy atom. The number of furan rings is 1. The molecule has 0 bridgehead atoms. The lowest BCUT2D eigenvalue weighted by molar-refractivity contribution is 0.383. The minimum absolute atomic E-state index is 0.116. The van der Waals surface area contributed by atoms with Gasteiger partial charge in [-0.15, -0.1) is 0 Å². The third-order valence-corrected chi connectivity index (χ3v) is 6.48. The lowest BCUT2D eigenvalue weighted by Gasteiger charge is -2.26. The summed E-state index contributed by atoms with van der Waals surface area (Å²) in [4.78, 5) is 7.87. The topological polar surface area (TPSA) is 41.3 Å². The van der Waals surface area contributed by atoms with Crippen molar-refractivity contribution in [1.29, 1.82) is 0 Å². The second kappa shape index (κ2) is 8.57. The zero-order valence-electron chi connectivity index (χ0n) is 16.9. The largest absolute Gasteiger partial charge is 0.452 e. The Labute approximate surface area is 191 Å². The Morgan fingerprint density at radius 3 is 2.58 bits per heavy atom. The molecule has 0 spiro atoms. The molecule has 2 aromatic carbocycles. The summed E-state index contributed by atoms with van der Waals surface area (Å²) in [7, 11) is 0. The first kappa shape index (κ1) is 19.8. The van der Waals surface area contributed by atoms with Crippen LogP contribution in [0.15, 0.2) is 106 Å². The molecule has 6 heteroatoms. The molecule has 1 fully saturated rings. The van der Waals surface area contributed by atoms with Crippen molar-refractivity contribution in [3.63, 3.8) is 0 Å². The van der Waals surface area contributed by atoms with E-state index in [1.165, 1.54) is 5.56 Å². The highest BCUT2D eigenvalue weighted by Crippen LogP contribution is 2.43. The van der Waals surface area contributed by atoms with Crippen LogP contribution in [0.4, 0.5) is 5.69 Å². The quantitative estimate of drug-likeness (QED) is 0.365. The molecule has 4 nitrogen and oxygen atoms in total. The summed E-state index contributed by atoms with van der Waals surface area (Å²) in [5, 5.41) is 4.99. The van der Waals surface area contributed by atoms with E-state index in [2.05, 4.69) is 58.5 Å². The third kappa shape index (κ3) is 4.09. The van der Waals surface area contributed by atoms with Gasteiger partial charge in [0.15, 0.2) is 10.2 Å². The number of nitrogens with one attached hydrogen (secondary N) is 1. The van der Waals surface area contributed by atoms with Gasteiger partial charge in [-0.3, -0.25) is 4.98 Å². The van der Waals surface area contributed by atoms with Crippen molar-refractivity contribution in [1.82, 2.24) is 10.3 Å². The Balaban J connectivity index is 1.54. The molecule has 31 heavy (non-hydrogen) atoms. The van der Waals surface area contributed by atoms with Gasteiger partial charge in [-0.2, -0.15) is 0 Å². The van der Waals surface area contributed by atoms with Gasteiger partial charge in [-0.05, 0) is 73.2 Å². The monoisotopic (exact) mass is 443 g/mol. The third-order valence-electron chi connectivity index (χ3n) is 5.23. The summed E-state index contributed by atoms with van der Waals surface area (Å²) >= 11 is 7.38. The lowest BCUT2D eigenvalue weighted by Crippen LogP contribution is -2.29. The number of anilines is 1. The Hall–Kier alpha value is -3.09. The van der Waals surface area contributed by atoms with Crippen LogP contribution in [0, 0.1) is 6.92 Å². The highest BCUT2D eigenvalue weighted by Gasteiger charge is 2.42. The first-order valence-electron chi connectivity index (χ1n) is 10.1. The number of hydrogen-bond donors (Lipinski definition) is 1. The predicted molar refractivity (Wildman–Crippen MR) is 128 cm³/mol. The van der Waals surface area contributed by atoms with Crippen molar-refractivity contribution in [2.24, 2.45) is 0 Å². The van der Waals surface area contributed by atoms with Gasteiger partial charge in [0.05, 0.1) is 11.7 Å². The van der Waals surface area contributed by atoms with Crippen molar-refractivity contribution in [3.8, 4) is 0 Å². The van der Waals surface area contributed by atoms with Gasteiger partial charge in [-0.25, -0.2) is 0 Å². The number of nitrogens with zero attached hydrogens (tertiary/aromatic N) is 2. The van der Waals surface area contributed by atoms with Crippen molar-refractivity contribution >= 4 is 34.8 Å². The fraction of sp³-hybridized carbons (Fsp3) is 0.120. The summed E-state index contributed by atoms with van der Waals surface area (Å²) < 4.78 is 6.35. The van der Waals surface area contributed by atoms with Crippen molar-refractivity contribution in [2.45, 2.75) is 29.0 Å². The molecule has 0 amide bonds. The SMILES string of the molecule is Cc1cccc(N2C(=S)N[C@H](c3ccccn3)[C@H]2c2ccc(Sc3ccccc3)o2)c1. The summed E-state index contributed by atoms with van der Waals surface area (Å²) in [6, 6.07) is 28.3. The second-order valence-electron chi connectivity index (χ2n) is 7.41. The molecule has 1 aliphatic rings. The van der Waals surface area contributed by atoms with E-state index in [0.29, 0.717) is 5.11 Å². The highest BCUT2D eigenvalue weighted by molar-refractivity contribution is 7.99. The molecule has 3 heterocycles. The number of aromatic nitrogens is 1. The maximum absolute atomic E-state index is 6.35. The molecule has 4 aromatic rings. The van der Waals surface area contributed by atoms with Crippen LogP contribution in [0.2, 0.25) is 0 Å². The minimum atomic E-state index is -0.144. The van der Waals surface area contributed by atoms with Crippen LogP contribution >= 0.6 is 24.0 Å². The van der Waals surface area contributed by atoms with E-state index in [4.69, 9.17) is 16.6 Å². The zero-order chi connectivity index (χ0) is 21.2. The normalized spacial score (nSPS) is 18.2. The standard InChI is InChI=1S/C25H21N3OS2/c1-17-8-7-9-18(16-17)28-24(23(27-25(28)30)20-12-5-6-15-26-20)21-13-14-22(29-21)31-19-10-3-2-4-11-19/h2-16,23-24H,1H3,(H,27,30)/t23-,24-/m1/s1. The lowest BCUT2D eigenvalue weighted by atomic mass is 10.0. The maximum Gasteiger partial charge on any atom is 0.174 e. The van der Waals surface area contributed by atoms with Crippen LogP contribution in [0.3, 0.4) is 0 Å². The highest BCUT2D eigenvalue weighted by atomic mass is 32.2. The maximum atomic E-state index is 6.35. The summed E-state index contributed by atoms with van der Waals surface area (Å²) in [5.41, 5.74) is 3.15. The molecule has 2 atom stereocenters. The van der Waals surface area contributed by atoms with Gasteiger partial charge in [0.25, 0.3) is 0 Å². The molecule has 1 aliphatic heterocycles. The number of thiocarbonyl (C=S) groups is 1. The van der Waals surface area contributed by atoms with Crippen LogP contribution < -0.4 is 10.2 Å². The summed E-state index contributed by atoms with van der Waals surface area (Å²) in [6.45, 7) is 2.09. The number of rotatable bonds is 5. The Morgan fingerprint density at radius 1 is 0.968 bits per heavy atom. The van der Waals surface area contributed by atoms with Crippen molar-refractivity contribution in [2.75, 3.05) is 4.90 Å². The molecule has 0 saturated carbocycles. The van der Waals surface area contributed by atoms with Crippen LogP contribution in [-0.4, -0.2) is 10.1 Å². The molecule has 0 radical (unpaired) electrons. The van der Waals surface area contributed by atoms with Crippen LogP contribution in [0.25, 0.3) is 0 Å². The van der Waals surface area contributed by atoms with Crippen LogP contribution in [-0.2, 0) is 0 Å². The fourth-order valence-electron chi connectivity index (χ4n) is 3.85. The van der Waals surface area contributed by atoms with Crippen molar-refractivity contribution < 1.29 is 4.42 Å². The Kier molecular flexibility index (Phi) is 5.49. The van der Waals surface area contributed by atoms with Gasteiger partial charge in [0.1, 0.15) is 11.8 Å². The van der Waals surface area contributed by atoms with Gasteiger partial charge >= 0.3 is 0 Å². The van der Waals surface area contributed by atoms with Gasteiger partial charge in [0, 0.05) is 16.8 Å². The van der Waals surface area contributed by atoms with E-state index in [1.807, 2.05) is 54.7 Å². The molecule has 5 rings (SSSR count). The molecule has 154 valence electrons. The number of aryl methyl sites for hydroxylation is 1. The van der Waals surface area contributed by atoms with Crippen LogP contribution in [0.5, 0.6) is 0 Å². The van der Waals surface area contributed by atoms with Crippen molar-refractivity contribution in [3.05, 3.63) is 108 Å². The van der Waals surface area contributed by atoms with Gasteiger partial charge < -0.3 is 14.6 Å². The van der Waals surface area contributed by atoms with E-state index in [0.717, 1.165) is 27.1 Å². The molecular formula is C25H21N3OS2. The molecule has 1 saturated heterocycles. The average molecular weight is 444 g/mol. The van der Waals surface area contributed by atoms with E-state index in [9.17, 15) is 0 Å². The number of hydrogen-bond acceptors (Lipinski definition) is 4. The first-order chi connectivity index (χ1) is 15.2.